The summed E-state index contributed by atoms with van der Waals surface area (Å²) >= 11 is 1.53. The first-order valence-electron chi connectivity index (χ1n) is 5.18. The molecule has 0 amide bonds. The number of hydrogen-bond acceptors (Lipinski definition) is 4. The van der Waals surface area contributed by atoms with E-state index in [9.17, 15) is 4.39 Å². The van der Waals surface area contributed by atoms with Gasteiger partial charge in [0.2, 0.25) is 0 Å². The molecule has 1 heterocycles. The van der Waals surface area contributed by atoms with Gasteiger partial charge in [0.25, 0.3) is 0 Å². The fraction of sp³-hybridized carbons (Fsp3) is 0.250. The lowest BCUT2D eigenvalue weighted by Crippen LogP contribution is -1.96. The largest absolute Gasteiger partial charge is 0.494 e. The quantitative estimate of drug-likeness (QED) is 0.908. The molecule has 2 aromatic rings. The van der Waals surface area contributed by atoms with Crippen molar-refractivity contribution in [1.29, 1.82) is 0 Å². The normalized spacial score (nSPS) is 10.5. The number of nitrogens with zero attached hydrogens (tertiary/aromatic N) is 1. The highest BCUT2D eigenvalue weighted by Crippen LogP contribution is 2.20. The Hall–Kier alpha value is -1.46. The molecular formula is C12H13FN2OS. The van der Waals surface area contributed by atoms with Gasteiger partial charge in [-0.15, -0.1) is 11.3 Å². The minimum atomic E-state index is -0.348. The van der Waals surface area contributed by atoms with E-state index in [-0.39, 0.29) is 11.6 Å². The molecule has 17 heavy (non-hydrogen) atoms. The van der Waals surface area contributed by atoms with Crippen LogP contribution in [0.2, 0.25) is 0 Å². The predicted molar refractivity (Wildman–Crippen MR) is 65.8 cm³/mol. The average molecular weight is 252 g/mol. The van der Waals surface area contributed by atoms with Crippen molar-refractivity contribution in [3.63, 3.8) is 0 Å². The summed E-state index contributed by atoms with van der Waals surface area (Å²) in [6.45, 7) is 0.446. The molecule has 2 N–H and O–H groups in total. The first-order chi connectivity index (χ1) is 8.22. The molecule has 90 valence electrons. The highest BCUT2D eigenvalue weighted by molar-refractivity contribution is 7.09. The molecule has 0 spiro atoms. The van der Waals surface area contributed by atoms with Crippen LogP contribution < -0.4 is 10.5 Å². The van der Waals surface area contributed by atoms with Crippen LogP contribution in [-0.2, 0) is 13.0 Å². The fourth-order valence-electron chi connectivity index (χ4n) is 1.55. The lowest BCUT2D eigenvalue weighted by Gasteiger charge is -2.03. The van der Waals surface area contributed by atoms with Gasteiger partial charge in [-0.25, -0.2) is 9.37 Å². The van der Waals surface area contributed by atoms with E-state index in [4.69, 9.17) is 10.5 Å². The van der Waals surface area contributed by atoms with Crippen molar-refractivity contribution in [1.82, 2.24) is 4.98 Å². The van der Waals surface area contributed by atoms with Crippen LogP contribution in [0, 0.1) is 5.82 Å². The maximum atomic E-state index is 13.5. The monoisotopic (exact) mass is 252 g/mol. The minimum absolute atomic E-state index is 0.259. The van der Waals surface area contributed by atoms with Gasteiger partial charge in [-0.1, -0.05) is 6.07 Å². The zero-order valence-electron chi connectivity index (χ0n) is 9.44. The van der Waals surface area contributed by atoms with Crippen LogP contribution in [0.3, 0.4) is 0 Å². The first-order valence-corrected chi connectivity index (χ1v) is 6.06. The summed E-state index contributed by atoms with van der Waals surface area (Å²) in [7, 11) is 1.45. The number of nitrogens with two attached hydrogens (primary N) is 1. The van der Waals surface area contributed by atoms with Crippen molar-refractivity contribution in [3.05, 3.63) is 45.7 Å². The van der Waals surface area contributed by atoms with E-state index in [0.717, 1.165) is 16.3 Å². The summed E-state index contributed by atoms with van der Waals surface area (Å²) in [6.07, 6.45) is 0.609. The second-order valence-corrected chi connectivity index (χ2v) is 4.53. The number of rotatable bonds is 4. The first kappa shape index (κ1) is 12.0. The van der Waals surface area contributed by atoms with Crippen LogP contribution in [0.4, 0.5) is 4.39 Å². The second-order valence-electron chi connectivity index (χ2n) is 3.58. The standard InChI is InChI=1S/C12H13FN2OS/c1-16-11-3-2-8(5-10(11)13)4-9-7-17-12(6-14)15-9/h2-3,5,7H,4,6,14H2,1H3. The third kappa shape index (κ3) is 2.81. The topological polar surface area (TPSA) is 48.1 Å². The van der Waals surface area contributed by atoms with E-state index in [1.54, 1.807) is 6.07 Å². The van der Waals surface area contributed by atoms with E-state index in [1.807, 2.05) is 11.4 Å². The van der Waals surface area contributed by atoms with Crippen LogP contribution in [0.5, 0.6) is 5.75 Å². The molecule has 0 aliphatic rings. The van der Waals surface area contributed by atoms with Gasteiger partial charge in [0, 0.05) is 18.3 Å². The summed E-state index contributed by atoms with van der Waals surface area (Å²) in [6, 6.07) is 4.94. The number of aromatic nitrogens is 1. The Labute approximate surface area is 103 Å². The third-order valence-corrected chi connectivity index (χ3v) is 3.30. The average Bonchev–Trinajstić information content (AvgIpc) is 2.77. The summed E-state index contributed by atoms with van der Waals surface area (Å²) < 4.78 is 18.3. The Kier molecular flexibility index (Phi) is 3.71. The van der Waals surface area contributed by atoms with Crippen molar-refractivity contribution in [2.24, 2.45) is 5.73 Å². The number of methoxy groups -OCH3 is 1. The van der Waals surface area contributed by atoms with Crippen LogP contribution in [0.25, 0.3) is 0 Å². The van der Waals surface area contributed by atoms with E-state index in [2.05, 4.69) is 4.98 Å². The van der Waals surface area contributed by atoms with Gasteiger partial charge in [-0.3, -0.25) is 0 Å². The smallest absolute Gasteiger partial charge is 0.165 e. The Morgan fingerprint density at radius 1 is 1.47 bits per heavy atom. The predicted octanol–water partition coefficient (Wildman–Crippen LogP) is 2.34. The van der Waals surface area contributed by atoms with Gasteiger partial charge < -0.3 is 10.5 Å². The van der Waals surface area contributed by atoms with Crippen molar-refractivity contribution in [2.45, 2.75) is 13.0 Å². The van der Waals surface area contributed by atoms with E-state index in [1.165, 1.54) is 24.5 Å². The zero-order chi connectivity index (χ0) is 12.3. The lowest BCUT2D eigenvalue weighted by molar-refractivity contribution is 0.386. The molecule has 5 heteroatoms. The number of benzene rings is 1. The molecule has 0 saturated heterocycles. The van der Waals surface area contributed by atoms with Crippen LogP contribution >= 0.6 is 11.3 Å². The summed E-state index contributed by atoms with van der Waals surface area (Å²) in [5, 5.41) is 2.85. The van der Waals surface area contributed by atoms with Gasteiger partial charge >= 0.3 is 0 Å². The summed E-state index contributed by atoms with van der Waals surface area (Å²) in [5.41, 5.74) is 7.28. The molecule has 0 saturated carbocycles. The van der Waals surface area contributed by atoms with Crippen molar-refractivity contribution < 1.29 is 9.13 Å². The van der Waals surface area contributed by atoms with Gasteiger partial charge in [0.15, 0.2) is 11.6 Å². The SMILES string of the molecule is COc1ccc(Cc2csc(CN)n2)cc1F. The third-order valence-electron chi connectivity index (χ3n) is 2.38. The van der Waals surface area contributed by atoms with Gasteiger partial charge in [0.1, 0.15) is 5.01 Å². The number of thiazole rings is 1. The van der Waals surface area contributed by atoms with Gasteiger partial charge in [0.05, 0.1) is 12.8 Å². The fourth-order valence-corrected chi connectivity index (χ4v) is 2.23. The summed E-state index contributed by atoms with van der Waals surface area (Å²) in [4.78, 5) is 4.34. The van der Waals surface area contributed by atoms with E-state index in [0.29, 0.717) is 13.0 Å². The molecule has 0 fully saturated rings. The number of halogens is 1. The lowest BCUT2D eigenvalue weighted by atomic mass is 10.1. The maximum absolute atomic E-state index is 13.5. The van der Waals surface area contributed by atoms with Crippen molar-refractivity contribution in [2.75, 3.05) is 7.11 Å². The Morgan fingerprint density at radius 2 is 2.29 bits per heavy atom. The number of hydrogen-bond donors (Lipinski definition) is 1. The maximum Gasteiger partial charge on any atom is 0.165 e. The second kappa shape index (κ2) is 5.25. The molecule has 0 bridgehead atoms. The molecule has 0 aliphatic heterocycles. The Balaban J connectivity index is 2.15. The molecule has 0 unspecified atom stereocenters. The van der Waals surface area contributed by atoms with Crippen LogP contribution in [0.15, 0.2) is 23.6 Å². The van der Waals surface area contributed by atoms with Crippen LogP contribution in [0.1, 0.15) is 16.3 Å². The minimum Gasteiger partial charge on any atom is -0.494 e. The molecule has 3 nitrogen and oxygen atoms in total. The zero-order valence-corrected chi connectivity index (χ0v) is 10.3. The molecule has 1 aromatic carbocycles. The van der Waals surface area contributed by atoms with Gasteiger partial charge in [-0.05, 0) is 17.7 Å². The Morgan fingerprint density at radius 3 is 2.88 bits per heavy atom. The molecule has 0 aliphatic carbocycles. The molecular weight excluding hydrogens is 239 g/mol. The van der Waals surface area contributed by atoms with E-state index < -0.39 is 0 Å². The van der Waals surface area contributed by atoms with Crippen molar-refractivity contribution in [3.8, 4) is 5.75 Å². The van der Waals surface area contributed by atoms with Gasteiger partial charge in [-0.2, -0.15) is 0 Å². The van der Waals surface area contributed by atoms with Crippen LogP contribution in [-0.4, -0.2) is 12.1 Å². The molecule has 1 aromatic heterocycles. The molecule has 0 atom stereocenters. The molecule has 2 rings (SSSR count). The van der Waals surface area contributed by atoms with Crippen molar-refractivity contribution >= 4 is 11.3 Å². The summed E-state index contributed by atoms with van der Waals surface area (Å²) in [5.74, 6) is -0.0889. The number of ether oxygens (including phenoxy) is 1. The highest BCUT2D eigenvalue weighted by Gasteiger charge is 2.06. The Bertz CT molecular complexity index is 513. The van der Waals surface area contributed by atoms with E-state index >= 15 is 0 Å². The molecule has 0 radical (unpaired) electrons. The highest BCUT2D eigenvalue weighted by atomic mass is 32.1.